The van der Waals surface area contributed by atoms with E-state index in [0.29, 0.717) is 5.92 Å². The summed E-state index contributed by atoms with van der Waals surface area (Å²) in [6.07, 6.45) is 6.57. The number of benzene rings is 1. The van der Waals surface area contributed by atoms with Gasteiger partial charge in [0.25, 0.3) is 0 Å². The summed E-state index contributed by atoms with van der Waals surface area (Å²) in [4.78, 5) is 16.7. The van der Waals surface area contributed by atoms with Crippen molar-refractivity contribution in [3.8, 4) is 11.8 Å². The van der Waals surface area contributed by atoms with E-state index in [1.54, 1.807) is 6.20 Å². The van der Waals surface area contributed by atoms with Crippen LogP contribution in [0.15, 0.2) is 48.7 Å². The first-order valence-electron chi connectivity index (χ1n) is 8.62. The molecule has 1 N–H and O–H groups in total. The highest BCUT2D eigenvalue weighted by molar-refractivity contribution is 5.93. The summed E-state index contributed by atoms with van der Waals surface area (Å²) in [6.45, 7) is 0. The summed E-state index contributed by atoms with van der Waals surface area (Å²) < 4.78 is 0. The third kappa shape index (κ3) is 3.19. The van der Waals surface area contributed by atoms with Crippen LogP contribution in [0.2, 0.25) is 0 Å². The molecule has 2 saturated carbocycles. The molecule has 2 aromatic rings. The smallest absolute Gasteiger partial charge is 0.227 e. The average Bonchev–Trinajstić information content (AvgIpc) is 3.25. The fourth-order valence-corrected chi connectivity index (χ4v) is 4.05. The van der Waals surface area contributed by atoms with Crippen LogP contribution in [0.3, 0.4) is 0 Å². The summed E-state index contributed by atoms with van der Waals surface area (Å²) in [5.74, 6) is 7.91. The quantitative estimate of drug-likeness (QED) is 0.855. The molecule has 1 amide bonds. The van der Waals surface area contributed by atoms with Gasteiger partial charge in [0.1, 0.15) is 5.69 Å². The molecule has 2 aliphatic carbocycles. The second kappa shape index (κ2) is 6.49. The number of amides is 1. The number of nitrogens with one attached hydrogen (secondary N) is 1. The molecular formula is C21H20N2O. The zero-order chi connectivity index (χ0) is 16.4. The predicted octanol–water partition coefficient (Wildman–Crippen LogP) is 3.86. The molecule has 2 aliphatic rings. The monoisotopic (exact) mass is 316 g/mol. The van der Waals surface area contributed by atoms with E-state index in [0.717, 1.165) is 29.3 Å². The standard InChI is InChI=1S/C21H20N2O/c24-21(20-14-16-7-9-17(20)12-16)23-19-6-3-4-15(13-19)8-10-18-5-1-2-11-22-18/h1-6,11,13,16-17,20H,7,9,12,14H2,(H,23,24). The lowest BCUT2D eigenvalue weighted by Gasteiger charge is -2.20. The van der Waals surface area contributed by atoms with Crippen LogP contribution in [0.1, 0.15) is 36.9 Å². The Morgan fingerprint density at radius 1 is 1.08 bits per heavy atom. The number of anilines is 1. The van der Waals surface area contributed by atoms with E-state index in [2.05, 4.69) is 22.1 Å². The van der Waals surface area contributed by atoms with Gasteiger partial charge in [0.05, 0.1) is 0 Å². The van der Waals surface area contributed by atoms with Crippen molar-refractivity contribution < 1.29 is 4.79 Å². The number of aromatic nitrogens is 1. The molecule has 0 spiro atoms. The van der Waals surface area contributed by atoms with Crippen LogP contribution in [-0.2, 0) is 4.79 Å². The largest absolute Gasteiger partial charge is 0.326 e. The third-order valence-electron chi connectivity index (χ3n) is 5.20. The van der Waals surface area contributed by atoms with E-state index in [1.807, 2.05) is 42.5 Å². The van der Waals surface area contributed by atoms with Gasteiger partial charge in [-0.25, -0.2) is 4.98 Å². The second-order valence-corrected chi connectivity index (χ2v) is 6.82. The van der Waals surface area contributed by atoms with Gasteiger partial charge in [0.2, 0.25) is 5.91 Å². The van der Waals surface area contributed by atoms with Crippen molar-refractivity contribution in [2.75, 3.05) is 5.32 Å². The predicted molar refractivity (Wildman–Crippen MR) is 94.2 cm³/mol. The highest BCUT2D eigenvalue weighted by atomic mass is 16.1. The average molecular weight is 316 g/mol. The Kier molecular flexibility index (Phi) is 4.04. The second-order valence-electron chi connectivity index (χ2n) is 6.82. The molecule has 0 radical (unpaired) electrons. The summed E-state index contributed by atoms with van der Waals surface area (Å²) in [5, 5.41) is 3.08. The van der Waals surface area contributed by atoms with Gasteiger partial charge in [0, 0.05) is 23.4 Å². The topological polar surface area (TPSA) is 42.0 Å². The van der Waals surface area contributed by atoms with E-state index in [9.17, 15) is 4.79 Å². The first-order chi connectivity index (χ1) is 11.8. The lowest BCUT2D eigenvalue weighted by molar-refractivity contribution is -0.121. The number of carbonyl (C=O) groups excluding carboxylic acids is 1. The number of nitrogens with zero attached hydrogens (tertiary/aromatic N) is 1. The van der Waals surface area contributed by atoms with Gasteiger partial charge in [-0.3, -0.25) is 4.79 Å². The fourth-order valence-electron chi connectivity index (χ4n) is 4.05. The molecule has 1 aromatic carbocycles. The molecule has 2 bridgehead atoms. The first-order valence-corrected chi connectivity index (χ1v) is 8.62. The van der Waals surface area contributed by atoms with Crippen molar-refractivity contribution in [1.82, 2.24) is 4.98 Å². The van der Waals surface area contributed by atoms with Crippen molar-refractivity contribution in [1.29, 1.82) is 0 Å². The molecule has 3 unspecified atom stereocenters. The zero-order valence-electron chi connectivity index (χ0n) is 13.5. The lowest BCUT2D eigenvalue weighted by Crippen LogP contribution is -2.27. The first kappa shape index (κ1) is 15.0. The molecule has 4 rings (SSSR count). The maximum atomic E-state index is 12.5. The highest BCUT2D eigenvalue weighted by Gasteiger charge is 2.42. The number of pyridine rings is 1. The lowest BCUT2D eigenvalue weighted by atomic mass is 9.88. The Morgan fingerprint density at radius 2 is 2.04 bits per heavy atom. The van der Waals surface area contributed by atoms with Crippen molar-refractivity contribution in [3.05, 3.63) is 59.9 Å². The SMILES string of the molecule is O=C(Nc1cccc(C#Cc2ccccn2)c1)C1CC2CCC1C2. The van der Waals surface area contributed by atoms with Gasteiger partial charge in [-0.2, -0.15) is 0 Å². The minimum atomic E-state index is 0.178. The van der Waals surface area contributed by atoms with Gasteiger partial charge < -0.3 is 5.32 Å². The van der Waals surface area contributed by atoms with E-state index < -0.39 is 0 Å². The van der Waals surface area contributed by atoms with Crippen molar-refractivity contribution >= 4 is 11.6 Å². The summed E-state index contributed by atoms with van der Waals surface area (Å²) in [6, 6.07) is 13.4. The Bertz CT molecular complexity index is 803. The zero-order valence-corrected chi connectivity index (χ0v) is 13.5. The van der Waals surface area contributed by atoms with Crippen LogP contribution < -0.4 is 5.32 Å². The summed E-state index contributed by atoms with van der Waals surface area (Å²) >= 11 is 0. The van der Waals surface area contributed by atoms with Gasteiger partial charge in [-0.1, -0.05) is 24.5 Å². The van der Waals surface area contributed by atoms with E-state index in [-0.39, 0.29) is 11.8 Å². The number of hydrogen-bond acceptors (Lipinski definition) is 2. The van der Waals surface area contributed by atoms with Gasteiger partial charge >= 0.3 is 0 Å². The maximum Gasteiger partial charge on any atom is 0.227 e. The highest BCUT2D eigenvalue weighted by Crippen LogP contribution is 2.48. The molecule has 0 saturated heterocycles. The summed E-state index contributed by atoms with van der Waals surface area (Å²) in [5.41, 5.74) is 2.45. The molecule has 120 valence electrons. The Hall–Kier alpha value is -2.60. The van der Waals surface area contributed by atoms with E-state index in [1.165, 1.54) is 19.3 Å². The van der Waals surface area contributed by atoms with E-state index >= 15 is 0 Å². The molecule has 3 heteroatoms. The number of hydrogen-bond donors (Lipinski definition) is 1. The minimum Gasteiger partial charge on any atom is -0.326 e. The molecule has 3 atom stereocenters. The number of rotatable bonds is 2. The molecule has 3 nitrogen and oxygen atoms in total. The Morgan fingerprint density at radius 3 is 2.79 bits per heavy atom. The van der Waals surface area contributed by atoms with Crippen LogP contribution in [0.5, 0.6) is 0 Å². The minimum absolute atomic E-state index is 0.178. The molecule has 2 fully saturated rings. The molecule has 1 aromatic heterocycles. The molecule has 24 heavy (non-hydrogen) atoms. The molecule has 0 aliphatic heterocycles. The van der Waals surface area contributed by atoms with Crippen molar-refractivity contribution in [2.45, 2.75) is 25.7 Å². The number of carbonyl (C=O) groups is 1. The van der Waals surface area contributed by atoms with Gasteiger partial charge in [0.15, 0.2) is 0 Å². The van der Waals surface area contributed by atoms with Gasteiger partial charge in [-0.05, 0) is 67.4 Å². The number of fused-ring (bicyclic) bond motifs is 2. The van der Waals surface area contributed by atoms with E-state index in [4.69, 9.17) is 0 Å². The normalized spacial score (nSPS) is 24.2. The van der Waals surface area contributed by atoms with Crippen LogP contribution in [0.25, 0.3) is 0 Å². The van der Waals surface area contributed by atoms with Crippen LogP contribution in [0, 0.1) is 29.6 Å². The van der Waals surface area contributed by atoms with Crippen molar-refractivity contribution in [3.63, 3.8) is 0 Å². The molecular weight excluding hydrogens is 296 g/mol. The van der Waals surface area contributed by atoms with Crippen LogP contribution in [0.4, 0.5) is 5.69 Å². The van der Waals surface area contributed by atoms with Crippen LogP contribution in [-0.4, -0.2) is 10.9 Å². The summed E-state index contributed by atoms with van der Waals surface area (Å²) in [7, 11) is 0. The Labute approximate surface area is 142 Å². The third-order valence-corrected chi connectivity index (χ3v) is 5.20. The molecule has 1 heterocycles. The van der Waals surface area contributed by atoms with Gasteiger partial charge in [-0.15, -0.1) is 0 Å². The maximum absolute atomic E-state index is 12.5. The Balaban J connectivity index is 1.45. The fraction of sp³-hybridized carbons (Fsp3) is 0.333. The van der Waals surface area contributed by atoms with Crippen LogP contribution >= 0.6 is 0 Å². The van der Waals surface area contributed by atoms with Crippen molar-refractivity contribution in [2.24, 2.45) is 17.8 Å².